The lowest BCUT2D eigenvalue weighted by atomic mass is 10.1. The van der Waals surface area contributed by atoms with E-state index in [0.29, 0.717) is 5.69 Å². The van der Waals surface area contributed by atoms with Crippen molar-refractivity contribution in [1.82, 2.24) is 0 Å². The molecule has 0 aliphatic rings. The predicted octanol–water partition coefficient (Wildman–Crippen LogP) is 2.52. The topological polar surface area (TPSA) is 63.5 Å². The molecule has 1 aromatic rings. The molecule has 16 heavy (non-hydrogen) atoms. The molecule has 0 spiro atoms. The Morgan fingerprint density at radius 2 is 2.00 bits per heavy atom. The Kier molecular flexibility index (Phi) is 3.49. The Balaban J connectivity index is 3.49. The summed E-state index contributed by atoms with van der Waals surface area (Å²) in [6.45, 7) is 1.29. The molecule has 86 valence electrons. The van der Waals surface area contributed by atoms with Gasteiger partial charge in [0, 0.05) is 20.2 Å². The molecule has 0 unspecified atom stereocenters. The maximum atomic E-state index is 11.3. The van der Waals surface area contributed by atoms with Crippen LogP contribution >= 0.6 is 11.6 Å². The van der Waals surface area contributed by atoms with Crippen LogP contribution in [0, 0.1) is 10.1 Å². The van der Waals surface area contributed by atoms with E-state index in [2.05, 4.69) is 0 Å². The average Bonchev–Trinajstić information content (AvgIpc) is 2.15. The van der Waals surface area contributed by atoms with Crippen LogP contribution < -0.4 is 4.90 Å². The van der Waals surface area contributed by atoms with Crippen molar-refractivity contribution in [1.29, 1.82) is 0 Å². The van der Waals surface area contributed by atoms with E-state index in [1.54, 1.807) is 19.0 Å². The number of carbonyl (C=O) groups excluding carboxylic acids is 1. The number of benzene rings is 1. The Bertz CT molecular complexity index is 458. The largest absolute Gasteiger partial charge is 0.376 e. The molecule has 6 heteroatoms. The first-order valence-corrected chi connectivity index (χ1v) is 4.88. The molecular formula is C10H11ClN2O3. The Hall–Kier alpha value is -1.62. The van der Waals surface area contributed by atoms with Crippen LogP contribution in [0.5, 0.6) is 0 Å². The summed E-state index contributed by atoms with van der Waals surface area (Å²) in [4.78, 5) is 23.1. The predicted molar refractivity (Wildman–Crippen MR) is 62.4 cm³/mol. The third-order valence-corrected chi connectivity index (χ3v) is 2.43. The monoisotopic (exact) mass is 242 g/mol. The summed E-state index contributed by atoms with van der Waals surface area (Å²) < 4.78 is 0. The van der Waals surface area contributed by atoms with Crippen LogP contribution in [0.4, 0.5) is 11.4 Å². The molecule has 0 bridgehead atoms. The van der Waals surface area contributed by atoms with Crippen LogP contribution in [-0.4, -0.2) is 24.8 Å². The minimum Gasteiger partial charge on any atom is -0.376 e. The number of hydrogen-bond acceptors (Lipinski definition) is 4. The fourth-order valence-electron chi connectivity index (χ4n) is 1.33. The molecule has 0 radical (unpaired) electrons. The molecule has 0 amide bonds. The van der Waals surface area contributed by atoms with Gasteiger partial charge in [-0.1, -0.05) is 11.6 Å². The molecule has 0 aromatic heterocycles. The highest BCUT2D eigenvalue weighted by atomic mass is 35.5. The smallest absolute Gasteiger partial charge is 0.281 e. The van der Waals surface area contributed by atoms with Gasteiger partial charge in [0.05, 0.1) is 21.2 Å². The highest BCUT2D eigenvalue weighted by Gasteiger charge is 2.20. The Labute approximate surface area is 97.8 Å². The van der Waals surface area contributed by atoms with Crippen molar-refractivity contribution in [2.24, 2.45) is 0 Å². The van der Waals surface area contributed by atoms with Gasteiger partial charge < -0.3 is 4.90 Å². The zero-order chi connectivity index (χ0) is 12.5. The third kappa shape index (κ3) is 2.30. The van der Waals surface area contributed by atoms with Crippen LogP contribution in [0.15, 0.2) is 12.1 Å². The molecule has 0 atom stereocenters. The van der Waals surface area contributed by atoms with Crippen LogP contribution in [0.2, 0.25) is 5.02 Å². The number of carbonyl (C=O) groups is 1. The number of halogens is 1. The fourth-order valence-corrected chi connectivity index (χ4v) is 1.65. The van der Waals surface area contributed by atoms with Crippen molar-refractivity contribution in [3.63, 3.8) is 0 Å². The molecule has 5 nitrogen and oxygen atoms in total. The lowest BCUT2D eigenvalue weighted by Crippen LogP contribution is -2.11. The standard InChI is InChI=1S/C10H11ClN2O3/c1-6(14)7-4-10(12(2)3)8(11)5-9(7)13(15)16/h4-5H,1-3H3. The van der Waals surface area contributed by atoms with Crippen LogP contribution in [-0.2, 0) is 0 Å². The number of nitrogens with zero attached hydrogens (tertiary/aromatic N) is 2. The summed E-state index contributed by atoms with van der Waals surface area (Å²) in [5, 5.41) is 11.0. The van der Waals surface area contributed by atoms with Gasteiger partial charge in [-0.05, 0) is 13.0 Å². The highest BCUT2D eigenvalue weighted by molar-refractivity contribution is 6.33. The van der Waals surface area contributed by atoms with E-state index in [0.717, 1.165) is 0 Å². The molecule has 1 aromatic carbocycles. The van der Waals surface area contributed by atoms with Crippen molar-refractivity contribution in [3.8, 4) is 0 Å². The second-order valence-electron chi connectivity index (χ2n) is 3.53. The SMILES string of the molecule is CC(=O)c1cc(N(C)C)c(Cl)cc1[N+](=O)[O-]. The highest BCUT2D eigenvalue weighted by Crippen LogP contribution is 2.32. The molecule has 0 aliphatic heterocycles. The van der Waals surface area contributed by atoms with Gasteiger partial charge in [0.15, 0.2) is 5.78 Å². The summed E-state index contributed by atoms with van der Waals surface area (Å²) >= 11 is 5.89. The maximum absolute atomic E-state index is 11.3. The van der Waals surface area contributed by atoms with Crippen LogP contribution in [0.3, 0.4) is 0 Å². The third-order valence-electron chi connectivity index (χ3n) is 2.12. The minimum atomic E-state index is -0.609. The molecule has 0 aliphatic carbocycles. The van der Waals surface area contributed by atoms with E-state index in [1.807, 2.05) is 0 Å². The number of nitro groups is 1. The van der Waals surface area contributed by atoms with Crippen LogP contribution in [0.25, 0.3) is 0 Å². The van der Waals surface area contributed by atoms with Crippen molar-refractivity contribution < 1.29 is 9.72 Å². The lowest BCUT2D eigenvalue weighted by Gasteiger charge is -2.15. The fraction of sp³-hybridized carbons (Fsp3) is 0.300. The Morgan fingerprint density at radius 3 is 2.38 bits per heavy atom. The number of hydrogen-bond donors (Lipinski definition) is 0. The van der Waals surface area contributed by atoms with E-state index < -0.39 is 4.92 Å². The minimum absolute atomic E-state index is 0.0677. The van der Waals surface area contributed by atoms with Crippen molar-refractivity contribution in [2.75, 3.05) is 19.0 Å². The van der Waals surface area contributed by atoms with Crippen molar-refractivity contribution in [2.45, 2.75) is 6.92 Å². The zero-order valence-corrected chi connectivity index (χ0v) is 9.91. The van der Waals surface area contributed by atoms with Gasteiger partial charge in [-0.15, -0.1) is 0 Å². The summed E-state index contributed by atoms with van der Waals surface area (Å²) in [7, 11) is 3.49. The van der Waals surface area contributed by atoms with Gasteiger partial charge in [-0.2, -0.15) is 0 Å². The number of rotatable bonds is 3. The van der Waals surface area contributed by atoms with Gasteiger partial charge in [0.1, 0.15) is 0 Å². The first-order valence-electron chi connectivity index (χ1n) is 4.50. The number of Topliss-reactive ketones (excluding diaryl/α,β-unsaturated/α-hetero) is 1. The molecule has 1 rings (SSSR count). The van der Waals surface area contributed by atoms with E-state index in [4.69, 9.17) is 11.6 Å². The van der Waals surface area contributed by atoms with E-state index in [9.17, 15) is 14.9 Å². The van der Waals surface area contributed by atoms with Crippen molar-refractivity contribution >= 4 is 28.8 Å². The molecular weight excluding hydrogens is 232 g/mol. The van der Waals surface area contributed by atoms with Gasteiger partial charge in [-0.25, -0.2) is 0 Å². The normalized spacial score (nSPS) is 10.0. The second-order valence-corrected chi connectivity index (χ2v) is 3.94. The van der Waals surface area contributed by atoms with E-state index in [-0.39, 0.29) is 22.1 Å². The molecule has 0 N–H and O–H groups in total. The van der Waals surface area contributed by atoms with Crippen molar-refractivity contribution in [3.05, 3.63) is 32.8 Å². The molecule has 0 heterocycles. The summed E-state index contributed by atoms with van der Waals surface area (Å²) in [6, 6.07) is 2.64. The molecule has 0 saturated carbocycles. The quantitative estimate of drug-likeness (QED) is 0.464. The first-order chi connectivity index (χ1) is 7.34. The molecule has 0 saturated heterocycles. The summed E-state index contributed by atoms with van der Waals surface area (Å²) in [6.07, 6.45) is 0. The number of nitro benzene ring substituents is 1. The van der Waals surface area contributed by atoms with Gasteiger partial charge in [0.2, 0.25) is 0 Å². The van der Waals surface area contributed by atoms with Crippen LogP contribution in [0.1, 0.15) is 17.3 Å². The maximum Gasteiger partial charge on any atom is 0.281 e. The zero-order valence-electron chi connectivity index (χ0n) is 9.15. The van der Waals surface area contributed by atoms with Gasteiger partial charge in [-0.3, -0.25) is 14.9 Å². The molecule has 0 fully saturated rings. The Morgan fingerprint density at radius 1 is 1.44 bits per heavy atom. The van der Waals surface area contributed by atoms with Gasteiger partial charge >= 0.3 is 0 Å². The second kappa shape index (κ2) is 4.49. The number of ketones is 1. The average molecular weight is 243 g/mol. The number of anilines is 1. The summed E-state index contributed by atoms with van der Waals surface area (Å²) in [5.41, 5.74) is 0.388. The van der Waals surface area contributed by atoms with Gasteiger partial charge in [0.25, 0.3) is 5.69 Å². The first kappa shape index (κ1) is 12.4. The lowest BCUT2D eigenvalue weighted by molar-refractivity contribution is -0.385. The van der Waals surface area contributed by atoms with E-state index >= 15 is 0 Å². The summed E-state index contributed by atoms with van der Waals surface area (Å²) in [5.74, 6) is -0.355. The van der Waals surface area contributed by atoms with E-state index in [1.165, 1.54) is 19.1 Å².